The normalized spacial score (nSPS) is 13.1. The van der Waals surface area contributed by atoms with Gasteiger partial charge < -0.3 is 10.4 Å². The molecule has 0 saturated heterocycles. The van der Waals surface area contributed by atoms with Crippen molar-refractivity contribution >= 4 is 27.9 Å². The average molecular weight is 480 g/mol. The van der Waals surface area contributed by atoms with Crippen LogP contribution in [0.4, 0.5) is 0 Å². The highest BCUT2D eigenvalue weighted by Gasteiger charge is 2.19. The molecular weight excluding hydrogens is 444 g/mol. The molecule has 0 aliphatic carbocycles. The third-order valence-corrected chi connectivity index (χ3v) is 6.60. The van der Waals surface area contributed by atoms with Crippen molar-refractivity contribution in [2.24, 2.45) is 0 Å². The summed E-state index contributed by atoms with van der Waals surface area (Å²) in [5.41, 5.74) is 2.73. The summed E-state index contributed by atoms with van der Waals surface area (Å²) in [6.07, 6.45) is 3.91. The molecule has 0 fully saturated rings. The van der Waals surface area contributed by atoms with E-state index in [2.05, 4.69) is 94.9 Å². The number of hydrogen-bond donors (Lipinski definition) is 2. The number of nitrogens with zero attached hydrogens (tertiary/aromatic N) is 1. The Labute approximate surface area is 189 Å². The second kappa shape index (κ2) is 12.1. The standard InChI is InChI=1S/C24H35BrN2OS/c1-5-20-16-21(25)13-14-23(20)29-27(4)18-22(28)17-26-24(2,3)15-9-12-19-10-7-6-8-11-19/h6-8,10-11,13-14,16,22,26,28H,5,9,12,15,17-18H2,1-4H3. The van der Waals surface area contributed by atoms with Crippen molar-refractivity contribution in [3.05, 3.63) is 64.1 Å². The van der Waals surface area contributed by atoms with Gasteiger partial charge in [-0.25, -0.2) is 4.31 Å². The molecule has 0 radical (unpaired) electrons. The number of halogens is 1. The van der Waals surface area contributed by atoms with Crippen molar-refractivity contribution in [3.8, 4) is 0 Å². The Morgan fingerprint density at radius 3 is 2.59 bits per heavy atom. The van der Waals surface area contributed by atoms with Gasteiger partial charge in [0.2, 0.25) is 0 Å². The Kier molecular flexibility index (Phi) is 10.2. The van der Waals surface area contributed by atoms with Crippen LogP contribution in [-0.2, 0) is 12.8 Å². The number of aliphatic hydroxyl groups is 1. The molecule has 5 heteroatoms. The van der Waals surface area contributed by atoms with Gasteiger partial charge in [-0.3, -0.25) is 0 Å². The molecule has 0 amide bonds. The lowest BCUT2D eigenvalue weighted by Gasteiger charge is -2.29. The van der Waals surface area contributed by atoms with E-state index in [0.29, 0.717) is 13.1 Å². The summed E-state index contributed by atoms with van der Waals surface area (Å²) in [4.78, 5) is 1.25. The van der Waals surface area contributed by atoms with Gasteiger partial charge in [0.15, 0.2) is 0 Å². The summed E-state index contributed by atoms with van der Waals surface area (Å²) in [6.45, 7) is 7.84. The van der Waals surface area contributed by atoms with Crippen LogP contribution in [0.2, 0.25) is 0 Å². The third kappa shape index (κ3) is 9.22. The molecule has 2 aromatic carbocycles. The van der Waals surface area contributed by atoms with E-state index < -0.39 is 6.10 Å². The highest BCUT2D eigenvalue weighted by Crippen LogP contribution is 2.28. The Morgan fingerprint density at radius 1 is 1.17 bits per heavy atom. The summed E-state index contributed by atoms with van der Waals surface area (Å²) in [5.74, 6) is 0. The summed E-state index contributed by atoms with van der Waals surface area (Å²) >= 11 is 5.24. The molecule has 160 valence electrons. The number of β-amino-alcohol motifs (C(OH)–C–C–N with tert-alkyl or cyclic N) is 1. The van der Waals surface area contributed by atoms with E-state index in [1.54, 1.807) is 11.9 Å². The summed E-state index contributed by atoms with van der Waals surface area (Å²) in [7, 11) is 2.04. The lowest BCUT2D eigenvalue weighted by atomic mass is 9.95. The fourth-order valence-electron chi connectivity index (χ4n) is 3.34. The molecule has 2 aromatic rings. The van der Waals surface area contributed by atoms with E-state index >= 15 is 0 Å². The minimum atomic E-state index is -0.401. The summed E-state index contributed by atoms with van der Waals surface area (Å²) in [5, 5.41) is 14.1. The van der Waals surface area contributed by atoms with E-state index in [4.69, 9.17) is 0 Å². The van der Waals surface area contributed by atoms with Crippen LogP contribution in [0.5, 0.6) is 0 Å². The molecule has 0 aliphatic rings. The van der Waals surface area contributed by atoms with Crippen LogP contribution in [0.3, 0.4) is 0 Å². The molecule has 3 nitrogen and oxygen atoms in total. The van der Waals surface area contributed by atoms with Gasteiger partial charge >= 0.3 is 0 Å². The highest BCUT2D eigenvalue weighted by atomic mass is 79.9. The molecule has 0 saturated carbocycles. The first-order valence-electron chi connectivity index (χ1n) is 10.4. The number of likely N-dealkylation sites (N-methyl/N-ethyl adjacent to an activating group) is 1. The monoisotopic (exact) mass is 478 g/mol. The second-order valence-corrected chi connectivity index (χ2v) is 10.4. The molecule has 1 atom stereocenters. The quantitative estimate of drug-likeness (QED) is 0.383. The topological polar surface area (TPSA) is 35.5 Å². The van der Waals surface area contributed by atoms with Crippen LogP contribution in [0, 0.1) is 0 Å². The van der Waals surface area contributed by atoms with Crippen LogP contribution in [0.25, 0.3) is 0 Å². The maximum atomic E-state index is 10.5. The molecule has 2 rings (SSSR count). The number of aryl methyl sites for hydroxylation is 2. The SMILES string of the molecule is CCc1cc(Br)ccc1SN(C)CC(O)CNC(C)(C)CCCc1ccccc1. The maximum Gasteiger partial charge on any atom is 0.0800 e. The van der Waals surface area contributed by atoms with Gasteiger partial charge in [0, 0.05) is 28.0 Å². The van der Waals surface area contributed by atoms with Gasteiger partial charge in [0.25, 0.3) is 0 Å². The first-order chi connectivity index (χ1) is 13.8. The zero-order chi connectivity index (χ0) is 21.3. The lowest BCUT2D eigenvalue weighted by Crippen LogP contribution is -2.45. The van der Waals surface area contributed by atoms with E-state index in [1.807, 2.05) is 7.05 Å². The third-order valence-electron chi connectivity index (χ3n) is 5.05. The van der Waals surface area contributed by atoms with Crippen molar-refractivity contribution in [3.63, 3.8) is 0 Å². The lowest BCUT2D eigenvalue weighted by molar-refractivity contribution is 0.140. The van der Waals surface area contributed by atoms with Crippen molar-refractivity contribution in [1.82, 2.24) is 9.62 Å². The highest BCUT2D eigenvalue weighted by molar-refractivity contribution is 9.10. The van der Waals surface area contributed by atoms with E-state index in [9.17, 15) is 5.11 Å². The molecule has 29 heavy (non-hydrogen) atoms. The van der Waals surface area contributed by atoms with E-state index in [1.165, 1.54) is 16.0 Å². The molecular formula is C24H35BrN2OS. The van der Waals surface area contributed by atoms with Crippen molar-refractivity contribution in [2.45, 2.75) is 63.0 Å². The Hall–Kier alpha value is -0.850. The fourth-order valence-corrected chi connectivity index (χ4v) is 4.78. The van der Waals surface area contributed by atoms with Crippen LogP contribution in [0.1, 0.15) is 44.7 Å². The smallest absolute Gasteiger partial charge is 0.0800 e. The van der Waals surface area contributed by atoms with Crippen LogP contribution >= 0.6 is 27.9 Å². The van der Waals surface area contributed by atoms with Gasteiger partial charge in [0.05, 0.1) is 6.10 Å². The summed E-state index contributed by atoms with van der Waals surface area (Å²) in [6, 6.07) is 17.0. The average Bonchev–Trinajstić information content (AvgIpc) is 2.68. The van der Waals surface area contributed by atoms with Crippen LogP contribution in [0.15, 0.2) is 57.9 Å². The molecule has 0 bridgehead atoms. The molecule has 0 aromatic heterocycles. The number of aliphatic hydroxyl groups excluding tert-OH is 1. The van der Waals surface area contributed by atoms with Crippen LogP contribution in [-0.4, -0.2) is 41.2 Å². The predicted molar refractivity (Wildman–Crippen MR) is 129 cm³/mol. The Morgan fingerprint density at radius 2 is 1.90 bits per heavy atom. The first-order valence-corrected chi connectivity index (χ1v) is 12.0. The molecule has 0 spiro atoms. The summed E-state index contributed by atoms with van der Waals surface area (Å²) < 4.78 is 3.23. The number of rotatable bonds is 12. The fraction of sp³-hybridized carbons (Fsp3) is 0.500. The van der Waals surface area contributed by atoms with Gasteiger partial charge in [-0.05, 0) is 87.9 Å². The van der Waals surface area contributed by atoms with Crippen molar-refractivity contribution in [1.29, 1.82) is 0 Å². The van der Waals surface area contributed by atoms with E-state index in [-0.39, 0.29) is 5.54 Å². The molecule has 2 N–H and O–H groups in total. The van der Waals surface area contributed by atoms with Gasteiger partial charge in [-0.15, -0.1) is 0 Å². The van der Waals surface area contributed by atoms with Gasteiger partial charge in [0.1, 0.15) is 0 Å². The second-order valence-electron chi connectivity index (χ2n) is 8.27. The molecule has 1 unspecified atom stereocenters. The van der Waals surface area contributed by atoms with E-state index in [0.717, 1.165) is 30.2 Å². The zero-order valence-corrected chi connectivity index (χ0v) is 20.5. The van der Waals surface area contributed by atoms with Crippen molar-refractivity contribution in [2.75, 3.05) is 20.1 Å². The molecule has 0 heterocycles. The first kappa shape index (κ1) is 24.4. The van der Waals surface area contributed by atoms with Crippen molar-refractivity contribution < 1.29 is 5.11 Å². The number of hydrogen-bond acceptors (Lipinski definition) is 4. The Balaban J connectivity index is 1.72. The minimum absolute atomic E-state index is 0.0164. The zero-order valence-electron chi connectivity index (χ0n) is 18.1. The number of benzene rings is 2. The van der Waals surface area contributed by atoms with Gasteiger partial charge in [-0.2, -0.15) is 0 Å². The number of nitrogens with one attached hydrogen (secondary N) is 1. The largest absolute Gasteiger partial charge is 0.390 e. The van der Waals surface area contributed by atoms with Crippen LogP contribution < -0.4 is 5.32 Å². The van der Waals surface area contributed by atoms with Gasteiger partial charge in [-0.1, -0.05) is 53.2 Å². The molecule has 0 aliphatic heterocycles. The minimum Gasteiger partial charge on any atom is -0.390 e. The predicted octanol–water partition coefficient (Wildman–Crippen LogP) is 5.70. The Bertz CT molecular complexity index is 739. The maximum absolute atomic E-state index is 10.5.